The molecule has 1 aliphatic heterocycles. The molecule has 9 nitrogen and oxygen atoms in total. The minimum atomic E-state index is -3.53. The van der Waals surface area contributed by atoms with Crippen LogP contribution >= 0.6 is 0 Å². The van der Waals surface area contributed by atoms with E-state index in [0.29, 0.717) is 6.42 Å². The number of hydroxylamine groups is 2. The van der Waals surface area contributed by atoms with Crippen molar-refractivity contribution in [3.63, 3.8) is 0 Å². The summed E-state index contributed by atoms with van der Waals surface area (Å²) in [4.78, 5) is 13.8. The highest BCUT2D eigenvalue weighted by atomic mass is 32.2. The number of hydrogen-bond acceptors (Lipinski definition) is 8. The maximum atomic E-state index is 12.2. The number of sulfonamides is 1. The molecule has 1 aromatic carbocycles. The second-order valence-corrected chi connectivity index (χ2v) is 7.89. The van der Waals surface area contributed by atoms with E-state index in [1.807, 2.05) is 6.92 Å². The standard InChI is InChI=1S/C15H24N6O3S/c1-11-5-7-12(8-6-11)25(22,23)18-9-4-10-24-21-14(17)19-13(16)20-15(21,2)3/h5-8,18H,4,9-10H2,1-3H3,(H4,16,17,19,20). The van der Waals surface area contributed by atoms with E-state index < -0.39 is 15.7 Å². The van der Waals surface area contributed by atoms with E-state index in [9.17, 15) is 8.42 Å². The lowest BCUT2D eigenvalue weighted by molar-refractivity contribution is -0.157. The fourth-order valence-electron chi connectivity index (χ4n) is 2.25. The topological polar surface area (TPSA) is 135 Å². The van der Waals surface area contributed by atoms with Crippen LogP contribution in [0.5, 0.6) is 0 Å². The zero-order valence-electron chi connectivity index (χ0n) is 14.6. The maximum absolute atomic E-state index is 12.2. The number of aliphatic imine (C=N–C) groups is 2. The van der Waals surface area contributed by atoms with E-state index in [-0.39, 0.29) is 30.0 Å². The van der Waals surface area contributed by atoms with Gasteiger partial charge in [-0.2, -0.15) is 10.1 Å². The van der Waals surface area contributed by atoms with E-state index >= 15 is 0 Å². The molecule has 25 heavy (non-hydrogen) atoms. The highest BCUT2D eigenvalue weighted by Crippen LogP contribution is 2.19. The third kappa shape index (κ3) is 4.91. The van der Waals surface area contributed by atoms with Crippen LogP contribution in [-0.2, 0) is 14.9 Å². The van der Waals surface area contributed by atoms with Crippen molar-refractivity contribution >= 4 is 21.9 Å². The van der Waals surface area contributed by atoms with Gasteiger partial charge in [0.2, 0.25) is 21.9 Å². The normalized spacial score (nSPS) is 17.2. The van der Waals surface area contributed by atoms with Crippen molar-refractivity contribution in [2.75, 3.05) is 13.2 Å². The van der Waals surface area contributed by atoms with Gasteiger partial charge >= 0.3 is 0 Å². The summed E-state index contributed by atoms with van der Waals surface area (Å²) in [6.45, 7) is 5.93. The monoisotopic (exact) mass is 368 g/mol. The Hall–Kier alpha value is -2.17. The maximum Gasteiger partial charge on any atom is 0.240 e. The van der Waals surface area contributed by atoms with Crippen molar-refractivity contribution in [2.45, 2.75) is 37.8 Å². The molecular formula is C15H24N6O3S. The number of aryl methyl sites for hydroxylation is 1. The van der Waals surface area contributed by atoms with Crippen LogP contribution in [0.2, 0.25) is 0 Å². The second-order valence-electron chi connectivity index (χ2n) is 6.13. The summed E-state index contributed by atoms with van der Waals surface area (Å²) in [5.74, 6) is 0.200. The number of nitrogens with two attached hydrogens (primary N) is 2. The largest absolute Gasteiger partial charge is 0.368 e. The molecule has 0 bridgehead atoms. The van der Waals surface area contributed by atoms with Crippen molar-refractivity contribution in [1.82, 2.24) is 9.79 Å². The summed E-state index contributed by atoms with van der Waals surface area (Å²) >= 11 is 0. The minimum absolute atomic E-state index is 0.0909. The zero-order chi connectivity index (χ0) is 18.7. The van der Waals surface area contributed by atoms with E-state index in [0.717, 1.165) is 5.56 Å². The Morgan fingerprint density at radius 3 is 2.48 bits per heavy atom. The minimum Gasteiger partial charge on any atom is -0.368 e. The van der Waals surface area contributed by atoms with Crippen molar-refractivity contribution in [3.05, 3.63) is 29.8 Å². The Kier molecular flexibility index (Phi) is 5.65. The van der Waals surface area contributed by atoms with Gasteiger partial charge in [-0.1, -0.05) is 17.7 Å². The van der Waals surface area contributed by atoms with E-state index in [1.165, 1.54) is 5.06 Å². The summed E-state index contributed by atoms with van der Waals surface area (Å²) in [6.07, 6.45) is 0.449. The van der Waals surface area contributed by atoms with Crippen LogP contribution in [0.1, 0.15) is 25.8 Å². The lowest BCUT2D eigenvalue weighted by atomic mass is 10.2. The van der Waals surface area contributed by atoms with Crippen molar-refractivity contribution in [1.29, 1.82) is 0 Å². The Labute approximate surface area is 147 Å². The van der Waals surface area contributed by atoms with Gasteiger partial charge in [0.15, 0.2) is 5.66 Å². The van der Waals surface area contributed by atoms with Gasteiger partial charge in [-0.25, -0.2) is 18.1 Å². The van der Waals surface area contributed by atoms with Crippen molar-refractivity contribution in [3.8, 4) is 0 Å². The van der Waals surface area contributed by atoms with Crippen LogP contribution in [0.4, 0.5) is 0 Å². The van der Waals surface area contributed by atoms with Crippen LogP contribution < -0.4 is 16.2 Å². The lowest BCUT2D eigenvalue weighted by Crippen LogP contribution is -2.53. The average molecular weight is 368 g/mol. The molecule has 138 valence electrons. The van der Waals surface area contributed by atoms with Gasteiger partial charge in [-0.3, -0.25) is 4.84 Å². The molecule has 0 saturated heterocycles. The molecule has 5 N–H and O–H groups in total. The van der Waals surface area contributed by atoms with Gasteiger partial charge in [-0.15, -0.1) is 0 Å². The van der Waals surface area contributed by atoms with Gasteiger partial charge in [0.05, 0.1) is 11.5 Å². The highest BCUT2D eigenvalue weighted by molar-refractivity contribution is 7.89. The van der Waals surface area contributed by atoms with E-state index in [4.69, 9.17) is 16.3 Å². The summed E-state index contributed by atoms with van der Waals surface area (Å²) in [5, 5.41) is 1.36. The lowest BCUT2D eigenvalue weighted by Gasteiger charge is -2.36. The summed E-state index contributed by atoms with van der Waals surface area (Å²) < 4.78 is 26.9. The highest BCUT2D eigenvalue weighted by Gasteiger charge is 2.32. The Morgan fingerprint density at radius 1 is 1.24 bits per heavy atom. The van der Waals surface area contributed by atoms with E-state index in [1.54, 1.807) is 38.1 Å². The third-order valence-electron chi connectivity index (χ3n) is 3.49. The van der Waals surface area contributed by atoms with Gasteiger partial charge < -0.3 is 11.5 Å². The quantitative estimate of drug-likeness (QED) is 0.591. The third-order valence-corrected chi connectivity index (χ3v) is 4.96. The molecule has 0 unspecified atom stereocenters. The van der Waals surface area contributed by atoms with Crippen LogP contribution in [0.3, 0.4) is 0 Å². The zero-order valence-corrected chi connectivity index (χ0v) is 15.4. The summed E-state index contributed by atoms with van der Waals surface area (Å²) in [5.41, 5.74) is 11.6. The first kappa shape index (κ1) is 19.2. The van der Waals surface area contributed by atoms with Gasteiger partial charge in [0, 0.05) is 6.54 Å². The molecule has 0 aliphatic carbocycles. The Bertz CT molecular complexity index is 771. The van der Waals surface area contributed by atoms with Crippen molar-refractivity contribution in [2.24, 2.45) is 21.5 Å². The average Bonchev–Trinajstić information content (AvgIpc) is 2.48. The fourth-order valence-corrected chi connectivity index (χ4v) is 3.33. The number of hydrogen-bond donors (Lipinski definition) is 3. The Balaban J connectivity index is 1.82. The van der Waals surface area contributed by atoms with Gasteiger partial charge in [0.1, 0.15) is 0 Å². The molecule has 10 heteroatoms. The van der Waals surface area contributed by atoms with Crippen LogP contribution in [0.15, 0.2) is 39.1 Å². The summed E-state index contributed by atoms with van der Waals surface area (Å²) in [7, 11) is -3.53. The molecule has 0 aromatic heterocycles. The first-order valence-corrected chi connectivity index (χ1v) is 9.29. The Morgan fingerprint density at radius 2 is 1.88 bits per heavy atom. The SMILES string of the molecule is Cc1ccc(S(=O)(=O)NCCCON2C(N)=NC(N)=NC2(C)C)cc1. The molecule has 0 saturated carbocycles. The molecule has 0 atom stereocenters. The molecule has 0 radical (unpaired) electrons. The number of rotatable bonds is 7. The van der Waals surface area contributed by atoms with Crippen molar-refractivity contribution < 1.29 is 13.3 Å². The summed E-state index contributed by atoms with van der Waals surface area (Å²) in [6, 6.07) is 6.66. The van der Waals surface area contributed by atoms with E-state index in [2.05, 4.69) is 14.7 Å². The predicted molar refractivity (Wildman–Crippen MR) is 96.1 cm³/mol. The predicted octanol–water partition coefficient (Wildman–Crippen LogP) is 0.276. The van der Waals surface area contributed by atoms with Crippen LogP contribution in [0, 0.1) is 6.92 Å². The first-order valence-electron chi connectivity index (χ1n) is 7.81. The molecule has 1 aliphatic rings. The molecule has 0 spiro atoms. The number of nitrogens with one attached hydrogen (secondary N) is 1. The first-order chi connectivity index (χ1) is 11.6. The number of guanidine groups is 2. The molecule has 0 amide bonds. The number of nitrogens with zero attached hydrogens (tertiary/aromatic N) is 3. The van der Waals surface area contributed by atoms with Crippen LogP contribution in [0.25, 0.3) is 0 Å². The van der Waals surface area contributed by atoms with Crippen LogP contribution in [-0.4, -0.2) is 44.2 Å². The molecule has 1 aromatic rings. The van der Waals surface area contributed by atoms with Gasteiger partial charge in [-0.05, 0) is 39.3 Å². The molecule has 2 rings (SSSR count). The number of benzene rings is 1. The smallest absolute Gasteiger partial charge is 0.240 e. The second kappa shape index (κ2) is 7.38. The molecular weight excluding hydrogens is 344 g/mol. The fraction of sp³-hybridized carbons (Fsp3) is 0.467. The van der Waals surface area contributed by atoms with Gasteiger partial charge in [0.25, 0.3) is 0 Å². The molecule has 1 heterocycles. The molecule has 0 fully saturated rings.